The van der Waals surface area contributed by atoms with Crippen LogP contribution < -0.4 is 10.2 Å². The Bertz CT molecular complexity index is 713. The van der Waals surface area contributed by atoms with Crippen LogP contribution in [0.3, 0.4) is 0 Å². The van der Waals surface area contributed by atoms with Gasteiger partial charge in [-0.2, -0.15) is 0 Å². The number of benzene rings is 1. The first kappa shape index (κ1) is 13.7. The van der Waals surface area contributed by atoms with Gasteiger partial charge in [0, 0.05) is 11.7 Å². The molecule has 0 saturated heterocycles. The molecule has 1 aliphatic rings. The second-order valence-electron chi connectivity index (χ2n) is 4.94. The van der Waals surface area contributed by atoms with E-state index in [9.17, 15) is 9.59 Å². The fourth-order valence-corrected chi connectivity index (χ4v) is 3.07. The first-order valence-corrected chi connectivity index (χ1v) is 7.40. The highest BCUT2D eigenvalue weighted by atomic mass is 32.1. The smallest absolute Gasteiger partial charge is 0.301 e. The summed E-state index contributed by atoms with van der Waals surface area (Å²) in [6.45, 7) is 3.72. The highest BCUT2D eigenvalue weighted by Crippen LogP contribution is 2.31. The van der Waals surface area contributed by atoms with E-state index in [2.05, 4.69) is 15.5 Å². The van der Waals surface area contributed by atoms with Gasteiger partial charge in [0.05, 0.1) is 0 Å². The molecule has 1 aromatic carbocycles. The Balaban J connectivity index is 1.80. The van der Waals surface area contributed by atoms with Crippen LogP contribution in [-0.4, -0.2) is 28.1 Å². The summed E-state index contributed by atoms with van der Waals surface area (Å²) in [5.41, 5.74) is 1.89. The Morgan fingerprint density at radius 2 is 2.10 bits per heavy atom. The van der Waals surface area contributed by atoms with Crippen molar-refractivity contribution in [3.63, 3.8) is 0 Å². The number of hydrogen-bond acceptors (Lipinski definition) is 5. The summed E-state index contributed by atoms with van der Waals surface area (Å²) >= 11 is 1.24. The molecule has 2 aromatic rings. The molecule has 0 aliphatic carbocycles. The van der Waals surface area contributed by atoms with Crippen LogP contribution in [0.2, 0.25) is 0 Å². The lowest BCUT2D eigenvalue weighted by Gasteiger charge is -2.21. The maximum absolute atomic E-state index is 12.4. The van der Waals surface area contributed by atoms with Crippen molar-refractivity contribution in [3.8, 4) is 0 Å². The molecule has 7 heteroatoms. The molecule has 0 fully saturated rings. The summed E-state index contributed by atoms with van der Waals surface area (Å²) < 4.78 is 0. The number of nitrogens with one attached hydrogen (secondary N) is 1. The number of fused-ring (bicyclic) bond motifs is 1. The second kappa shape index (κ2) is 5.25. The summed E-state index contributed by atoms with van der Waals surface area (Å²) in [6, 6.07) is 7.61. The van der Waals surface area contributed by atoms with E-state index in [1.54, 1.807) is 11.8 Å². The first-order valence-electron chi connectivity index (χ1n) is 6.59. The Kier molecular flexibility index (Phi) is 3.42. The predicted octanol–water partition coefficient (Wildman–Crippen LogP) is 1.76. The minimum atomic E-state index is -0.685. The van der Waals surface area contributed by atoms with Gasteiger partial charge in [0.25, 0.3) is 0 Å². The lowest BCUT2D eigenvalue weighted by Crippen LogP contribution is -2.43. The molecule has 1 N–H and O–H groups in total. The van der Waals surface area contributed by atoms with Crippen LogP contribution >= 0.6 is 11.3 Å². The summed E-state index contributed by atoms with van der Waals surface area (Å²) in [5.74, 6) is -1.25. The van der Waals surface area contributed by atoms with E-state index in [1.165, 1.54) is 11.3 Å². The zero-order valence-corrected chi connectivity index (χ0v) is 12.5. The maximum atomic E-state index is 12.4. The Hall–Kier alpha value is -2.28. The first-order chi connectivity index (χ1) is 10.1. The average molecular weight is 302 g/mol. The number of aromatic nitrogens is 2. The number of carbonyl (C=O) groups is 2. The average Bonchev–Trinajstić information content (AvgIpc) is 3.00. The predicted molar refractivity (Wildman–Crippen MR) is 80.4 cm³/mol. The molecule has 3 rings (SSSR count). The molecule has 2 heterocycles. The van der Waals surface area contributed by atoms with E-state index in [-0.39, 0.29) is 6.04 Å². The van der Waals surface area contributed by atoms with Crippen molar-refractivity contribution >= 4 is 34.0 Å². The number of nitrogens with zero attached hydrogens (tertiary/aromatic N) is 3. The van der Waals surface area contributed by atoms with Gasteiger partial charge in [0.1, 0.15) is 5.01 Å². The van der Waals surface area contributed by atoms with Crippen molar-refractivity contribution in [3.05, 3.63) is 34.8 Å². The number of amides is 2. The highest BCUT2D eigenvalue weighted by Gasteiger charge is 2.34. The van der Waals surface area contributed by atoms with Crippen LogP contribution in [0.25, 0.3) is 0 Å². The van der Waals surface area contributed by atoms with E-state index in [0.29, 0.717) is 5.13 Å². The van der Waals surface area contributed by atoms with Crippen molar-refractivity contribution in [1.82, 2.24) is 10.2 Å². The van der Waals surface area contributed by atoms with Gasteiger partial charge in [-0.25, -0.2) is 0 Å². The van der Waals surface area contributed by atoms with Crippen molar-refractivity contribution in [2.45, 2.75) is 26.3 Å². The van der Waals surface area contributed by atoms with Gasteiger partial charge in [-0.3, -0.25) is 14.9 Å². The molecular formula is C14H14N4O2S. The van der Waals surface area contributed by atoms with E-state index >= 15 is 0 Å². The molecule has 0 spiro atoms. The van der Waals surface area contributed by atoms with Crippen molar-refractivity contribution in [2.75, 3.05) is 10.2 Å². The molecule has 2 amide bonds. The van der Waals surface area contributed by atoms with Gasteiger partial charge >= 0.3 is 11.8 Å². The molecule has 108 valence electrons. The number of aryl methyl sites for hydroxylation is 1. The van der Waals surface area contributed by atoms with Gasteiger partial charge in [0.2, 0.25) is 5.13 Å². The van der Waals surface area contributed by atoms with Gasteiger partial charge < -0.3 is 4.90 Å². The molecular weight excluding hydrogens is 288 g/mol. The number of carbonyl (C=O) groups excluding carboxylic acids is 2. The molecule has 0 radical (unpaired) electrons. The zero-order chi connectivity index (χ0) is 15.0. The van der Waals surface area contributed by atoms with Crippen LogP contribution in [0.4, 0.5) is 10.8 Å². The van der Waals surface area contributed by atoms with Crippen LogP contribution in [0.15, 0.2) is 24.3 Å². The summed E-state index contributed by atoms with van der Waals surface area (Å²) in [6.07, 6.45) is 0.757. The zero-order valence-electron chi connectivity index (χ0n) is 11.7. The molecule has 0 unspecified atom stereocenters. The molecule has 0 bridgehead atoms. The van der Waals surface area contributed by atoms with Crippen LogP contribution in [0.1, 0.15) is 17.5 Å². The quantitative estimate of drug-likeness (QED) is 0.815. The van der Waals surface area contributed by atoms with Gasteiger partial charge in [-0.15, -0.1) is 10.2 Å². The second-order valence-corrected chi connectivity index (χ2v) is 6.12. The van der Waals surface area contributed by atoms with Gasteiger partial charge in [-0.1, -0.05) is 29.5 Å². The topological polar surface area (TPSA) is 75.2 Å². The molecule has 1 aromatic heterocycles. The molecule has 0 saturated carbocycles. The largest absolute Gasteiger partial charge is 0.316 e. The van der Waals surface area contributed by atoms with Gasteiger partial charge in [0.15, 0.2) is 0 Å². The van der Waals surface area contributed by atoms with Crippen LogP contribution in [0.5, 0.6) is 0 Å². The Morgan fingerprint density at radius 1 is 1.33 bits per heavy atom. The fraction of sp³-hybridized carbons (Fsp3) is 0.286. The highest BCUT2D eigenvalue weighted by molar-refractivity contribution is 7.15. The lowest BCUT2D eigenvalue weighted by atomic mass is 10.1. The summed E-state index contributed by atoms with van der Waals surface area (Å²) in [5, 5.41) is 11.2. The number of rotatable bonds is 1. The minimum absolute atomic E-state index is 0.0307. The normalized spacial score (nSPS) is 16.7. The van der Waals surface area contributed by atoms with Crippen molar-refractivity contribution in [1.29, 1.82) is 0 Å². The summed E-state index contributed by atoms with van der Waals surface area (Å²) in [4.78, 5) is 26.0. The number of hydrogen-bond donors (Lipinski definition) is 1. The Morgan fingerprint density at radius 3 is 2.81 bits per heavy atom. The minimum Gasteiger partial charge on any atom is -0.301 e. The molecule has 21 heavy (non-hydrogen) atoms. The third kappa shape index (κ3) is 2.52. The molecule has 6 nitrogen and oxygen atoms in total. The van der Waals surface area contributed by atoms with Crippen molar-refractivity contribution in [2.24, 2.45) is 0 Å². The standard InChI is InChI=1S/C14H14N4O2S/c1-8-7-10-5-3-4-6-11(10)18(8)13(20)12(19)15-14-17-16-9(2)21-14/h3-6,8H,7H2,1-2H3,(H,15,17,19)/t8-/m0/s1. The lowest BCUT2D eigenvalue weighted by molar-refractivity contribution is -0.134. The molecule has 1 aliphatic heterocycles. The number of anilines is 2. The Labute approximate surface area is 125 Å². The summed E-state index contributed by atoms with van der Waals surface area (Å²) in [7, 11) is 0. The van der Waals surface area contributed by atoms with E-state index < -0.39 is 11.8 Å². The third-order valence-corrected chi connectivity index (χ3v) is 4.12. The van der Waals surface area contributed by atoms with E-state index in [4.69, 9.17) is 0 Å². The third-order valence-electron chi connectivity index (χ3n) is 3.37. The van der Waals surface area contributed by atoms with Gasteiger partial charge in [-0.05, 0) is 31.9 Å². The van der Waals surface area contributed by atoms with Crippen LogP contribution in [-0.2, 0) is 16.0 Å². The monoisotopic (exact) mass is 302 g/mol. The van der Waals surface area contributed by atoms with Crippen molar-refractivity contribution < 1.29 is 9.59 Å². The SMILES string of the molecule is Cc1nnc(NC(=O)C(=O)N2c3ccccc3C[C@@H]2C)s1. The van der Waals surface area contributed by atoms with E-state index in [1.807, 2.05) is 31.2 Å². The van der Waals surface area contributed by atoms with E-state index in [0.717, 1.165) is 22.7 Å². The fourth-order valence-electron chi connectivity index (χ4n) is 2.48. The molecule has 1 atom stereocenters. The maximum Gasteiger partial charge on any atom is 0.316 e. The van der Waals surface area contributed by atoms with Crippen LogP contribution in [0, 0.1) is 6.92 Å². The number of para-hydroxylation sites is 1.